The van der Waals surface area contributed by atoms with Gasteiger partial charge in [-0.15, -0.1) is 0 Å². The molecule has 0 unspecified atom stereocenters. The van der Waals surface area contributed by atoms with Gasteiger partial charge in [-0.3, -0.25) is 4.99 Å². The fourth-order valence-corrected chi connectivity index (χ4v) is 1.95. The maximum absolute atomic E-state index is 11.1. The molecular formula is C13H13N2NaO4. The number of aromatic hydroxyl groups is 1. The maximum atomic E-state index is 11.1. The van der Waals surface area contributed by atoms with E-state index in [1.807, 2.05) is 0 Å². The Morgan fingerprint density at radius 2 is 2.20 bits per heavy atom. The molecule has 0 amide bonds. The van der Waals surface area contributed by atoms with Gasteiger partial charge in [-0.1, -0.05) is 0 Å². The number of aliphatic imine (C=N–C) groups is 1. The van der Waals surface area contributed by atoms with E-state index in [0.29, 0.717) is 5.56 Å². The number of fused-ring (bicyclic) bond motifs is 1. The number of nitrogens with zero attached hydrogens (tertiary/aromatic N) is 1. The number of aliphatic carboxylic acids is 1. The van der Waals surface area contributed by atoms with Crippen LogP contribution in [0.15, 0.2) is 29.4 Å². The molecule has 2 rings (SSSR count). The molecule has 0 saturated carbocycles. The van der Waals surface area contributed by atoms with Gasteiger partial charge < -0.3 is 20.3 Å². The summed E-state index contributed by atoms with van der Waals surface area (Å²) >= 11 is 0. The van der Waals surface area contributed by atoms with Crippen molar-refractivity contribution in [2.45, 2.75) is 19.4 Å². The number of aromatic amines is 1. The van der Waals surface area contributed by atoms with Crippen molar-refractivity contribution in [2.75, 3.05) is 0 Å². The minimum absolute atomic E-state index is 0. The number of H-pyrrole nitrogens is 1. The summed E-state index contributed by atoms with van der Waals surface area (Å²) in [5, 5.41) is 30.1. The molecule has 0 spiro atoms. The van der Waals surface area contributed by atoms with Gasteiger partial charge in [-0.25, -0.2) is 4.79 Å². The Bertz CT molecular complexity index is 647. The minimum atomic E-state index is -1.15. The van der Waals surface area contributed by atoms with E-state index in [4.69, 9.17) is 5.11 Å². The van der Waals surface area contributed by atoms with Crippen LogP contribution in [-0.2, 0) is 11.2 Å². The van der Waals surface area contributed by atoms with Crippen LogP contribution in [0.25, 0.3) is 10.9 Å². The Morgan fingerprint density at radius 1 is 1.50 bits per heavy atom. The summed E-state index contributed by atoms with van der Waals surface area (Å²) in [6, 6.07) is 3.68. The Kier molecular flexibility index (Phi) is 5.62. The van der Waals surface area contributed by atoms with Crippen molar-refractivity contribution in [2.24, 2.45) is 4.99 Å². The molecular weight excluding hydrogens is 271 g/mol. The fourth-order valence-electron chi connectivity index (χ4n) is 1.95. The van der Waals surface area contributed by atoms with Crippen LogP contribution in [0, 0.1) is 0 Å². The number of carboxylic acid groups (broad SMARTS) is 1. The molecule has 2 aromatic rings. The molecule has 1 atom stereocenters. The van der Waals surface area contributed by atoms with Crippen LogP contribution in [0.4, 0.5) is 0 Å². The van der Waals surface area contributed by atoms with Crippen molar-refractivity contribution in [1.29, 1.82) is 0 Å². The number of hydrogen-bond acceptors (Lipinski definition) is 4. The zero-order valence-corrected chi connectivity index (χ0v) is 13.3. The van der Waals surface area contributed by atoms with Crippen molar-refractivity contribution in [3.63, 3.8) is 0 Å². The summed E-state index contributed by atoms with van der Waals surface area (Å²) in [6.45, 7) is 1.22. The molecule has 1 aromatic heterocycles. The smallest absolute Gasteiger partial charge is 0.862 e. The largest absolute Gasteiger partial charge is 1.00 e. The third kappa shape index (κ3) is 3.75. The quantitative estimate of drug-likeness (QED) is 0.332. The van der Waals surface area contributed by atoms with Gasteiger partial charge in [0, 0.05) is 23.5 Å². The molecule has 0 saturated heterocycles. The van der Waals surface area contributed by atoms with Gasteiger partial charge in [0.25, 0.3) is 0 Å². The molecule has 0 aliphatic rings. The molecule has 100 valence electrons. The molecule has 20 heavy (non-hydrogen) atoms. The molecule has 1 heterocycles. The summed E-state index contributed by atoms with van der Waals surface area (Å²) in [5.41, 5.74) is 1.49. The number of rotatable bonds is 4. The van der Waals surface area contributed by atoms with Gasteiger partial charge in [0.05, 0.1) is 0 Å². The van der Waals surface area contributed by atoms with E-state index in [0.717, 1.165) is 10.9 Å². The number of hydrogen-bond donors (Lipinski definition) is 3. The number of phenols is 1. The molecule has 7 heteroatoms. The van der Waals surface area contributed by atoms with E-state index in [1.54, 1.807) is 18.3 Å². The van der Waals surface area contributed by atoms with Crippen LogP contribution in [0.1, 0.15) is 12.5 Å². The van der Waals surface area contributed by atoms with Gasteiger partial charge in [0.1, 0.15) is 11.8 Å². The third-order valence-corrected chi connectivity index (χ3v) is 2.79. The van der Waals surface area contributed by atoms with Crippen LogP contribution in [-0.4, -0.2) is 33.1 Å². The minimum Gasteiger partial charge on any atom is -0.862 e. The second-order valence-corrected chi connectivity index (χ2v) is 4.25. The second kappa shape index (κ2) is 6.78. The number of benzene rings is 1. The molecule has 6 nitrogen and oxygen atoms in total. The molecule has 0 bridgehead atoms. The van der Waals surface area contributed by atoms with Crippen LogP contribution < -0.4 is 34.7 Å². The normalized spacial score (nSPS) is 12.9. The SMILES string of the molecule is CC([O-])=N[C@@H](Cc1c[nH]c2ccc(O)cc12)C(=O)O.[Na+]. The predicted octanol–water partition coefficient (Wildman–Crippen LogP) is -2.35. The zero-order chi connectivity index (χ0) is 14.0. The summed E-state index contributed by atoms with van der Waals surface area (Å²) in [7, 11) is 0. The van der Waals surface area contributed by atoms with E-state index >= 15 is 0 Å². The standard InChI is InChI=1S/C13H14N2O4.Na/c1-7(16)15-12(13(18)19)4-8-6-14-11-3-2-9(17)5-10(8)11;/h2-3,5-6,12,14,17H,4H2,1H3,(H,15,16)(H,18,19);/q;+1/p-1/t12-;/m0./s1. The van der Waals surface area contributed by atoms with Gasteiger partial charge >= 0.3 is 35.5 Å². The topological polar surface area (TPSA) is 109 Å². The molecule has 3 N–H and O–H groups in total. The van der Waals surface area contributed by atoms with Gasteiger partial charge in [0.2, 0.25) is 0 Å². The van der Waals surface area contributed by atoms with Crippen molar-refractivity contribution < 1.29 is 49.7 Å². The van der Waals surface area contributed by atoms with Crippen LogP contribution in [0.3, 0.4) is 0 Å². The Hall–Kier alpha value is -1.50. The summed E-state index contributed by atoms with van der Waals surface area (Å²) in [4.78, 5) is 17.6. The first-order chi connectivity index (χ1) is 8.97. The van der Waals surface area contributed by atoms with Crippen molar-refractivity contribution >= 4 is 22.8 Å². The molecule has 0 aliphatic carbocycles. The van der Waals surface area contributed by atoms with Crippen LogP contribution in [0.5, 0.6) is 5.75 Å². The van der Waals surface area contributed by atoms with E-state index in [9.17, 15) is 15.0 Å². The van der Waals surface area contributed by atoms with Gasteiger partial charge in [0.15, 0.2) is 0 Å². The fraction of sp³-hybridized carbons (Fsp3) is 0.231. The van der Waals surface area contributed by atoms with Crippen LogP contribution >= 0.6 is 0 Å². The summed E-state index contributed by atoms with van der Waals surface area (Å²) in [5.74, 6) is -1.57. The Labute approximate surface area is 137 Å². The van der Waals surface area contributed by atoms with Crippen molar-refractivity contribution in [3.8, 4) is 5.75 Å². The monoisotopic (exact) mass is 284 g/mol. The van der Waals surface area contributed by atoms with E-state index in [-0.39, 0.29) is 41.7 Å². The van der Waals surface area contributed by atoms with Gasteiger partial charge in [-0.05, 0) is 36.6 Å². The van der Waals surface area contributed by atoms with Crippen molar-refractivity contribution in [1.82, 2.24) is 4.98 Å². The number of carbonyl (C=O) groups is 1. The zero-order valence-electron chi connectivity index (χ0n) is 11.3. The summed E-state index contributed by atoms with van der Waals surface area (Å²) < 4.78 is 0. The first kappa shape index (κ1) is 16.6. The number of nitrogens with one attached hydrogen (secondary N) is 1. The molecule has 1 aromatic carbocycles. The third-order valence-electron chi connectivity index (χ3n) is 2.79. The van der Waals surface area contributed by atoms with Crippen LogP contribution in [0.2, 0.25) is 0 Å². The Balaban J connectivity index is 0.00000200. The van der Waals surface area contributed by atoms with Crippen molar-refractivity contribution in [3.05, 3.63) is 30.0 Å². The number of carboxylic acids is 1. The molecule has 0 aliphatic heterocycles. The second-order valence-electron chi connectivity index (χ2n) is 4.25. The number of aromatic nitrogens is 1. The van der Waals surface area contributed by atoms with E-state index in [2.05, 4.69) is 9.98 Å². The average molecular weight is 284 g/mol. The predicted molar refractivity (Wildman–Crippen MR) is 68.2 cm³/mol. The first-order valence-electron chi connectivity index (χ1n) is 5.70. The van der Waals surface area contributed by atoms with Gasteiger partial charge in [-0.2, -0.15) is 0 Å². The summed E-state index contributed by atoms with van der Waals surface area (Å²) in [6.07, 6.45) is 1.76. The molecule has 0 fully saturated rings. The Morgan fingerprint density at radius 3 is 2.80 bits per heavy atom. The van der Waals surface area contributed by atoms with E-state index in [1.165, 1.54) is 13.0 Å². The van der Waals surface area contributed by atoms with E-state index < -0.39 is 17.9 Å². The maximum Gasteiger partial charge on any atom is 1.00 e. The average Bonchev–Trinajstić information content (AvgIpc) is 2.70. The first-order valence-corrected chi connectivity index (χ1v) is 5.70. The number of phenolic OH excluding ortho intramolecular Hbond substituents is 1. The molecule has 0 radical (unpaired) electrons.